The molecular formula is C25H26F4N2O2. The van der Waals surface area contributed by atoms with Gasteiger partial charge in [-0.2, -0.15) is 13.2 Å². The smallest absolute Gasteiger partial charge is 0.355 e. The lowest BCUT2D eigenvalue weighted by molar-refractivity contribution is -0.140. The second kappa shape index (κ2) is 8.80. The maximum atomic E-state index is 13.4. The van der Waals surface area contributed by atoms with Gasteiger partial charge < -0.3 is 10.2 Å². The van der Waals surface area contributed by atoms with Crippen molar-refractivity contribution in [3.8, 4) is 0 Å². The number of nitrogens with zero attached hydrogens (tertiary/aromatic N) is 1. The summed E-state index contributed by atoms with van der Waals surface area (Å²) >= 11 is 0. The maximum Gasteiger partial charge on any atom is 0.416 e. The monoisotopic (exact) mass is 462 g/mol. The van der Waals surface area contributed by atoms with Crippen molar-refractivity contribution in [1.29, 1.82) is 0 Å². The zero-order valence-corrected chi connectivity index (χ0v) is 18.3. The third-order valence-electron chi connectivity index (χ3n) is 7.20. The predicted molar refractivity (Wildman–Crippen MR) is 115 cm³/mol. The number of benzene rings is 2. The first-order chi connectivity index (χ1) is 15.6. The van der Waals surface area contributed by atoms with Gasteiger partial charge in [0, 0.05) is 32.0 Å². The molecule has 2 aromatic rings. The largest absolute Gasteiger partial charge is 0.416 e. The number of hydrogen-bond donors (Lipinski definition) is 1. The minimum atomic E-state index is -4.53. The third kappa shape index (κ3) is 4.61. The molecule has 8 heteroatoms. The van der Waals surface area contributed by atoms with E-state index in [0.29, 0.717) is 38.9 Å². The molecule has 4 nitrogen and oxygen atoms in total. The molecule has 33 heavy (non-hydrogen) atoms. The van der Waals surface area contributed by atoms with Crippen molar-refractivity contribution in [2.45, 2.75) is 44.2 Å². The lowest BCUT2D eigenvalue weighted by atomic mass is 9.62. The Balaban J connectivity index is 1.52. The van der Waals surface area contributed by atoms with Crippen LogP contribution in [0.1, 0.15) is 54.7 Å². The standard InChI is InChI=1S/C25H26F4N2O2/c1-16(19-4-2-3-5-20(19)25(27,28)29)23(33)31-12-10-24(11-13-31)14-22(32)30-15-21(24)17-6-8-18(26)9-7-17/h2-9,16,21H,10-15H2,1H3,(H,30,32). The minimum absolute atomic E-state index is 0.0172. The molecule has 2 amide bonds. The topological polar surface area (TPSA) is 49.4 Å². The highest BCUT2D eigenvalue weighted by Gasteiger charge is 2.47. The lowest BCUT2D eigenvalue weighted by Gasteiger charge is -2.49. The number of amides is 2. The zero-order valence-electron chi connectivity index (χ0n) is 18.3. The Kier molecular flexibility index (Phi) is 6.20. The SMILES string of the molecule is CC(C(=O)N1CCC2(CC1)CC(=O)NCC2c1ccc(F)cc1)c1ccccc1C(F)(F)F. The van der Waals surface area contributed by atoms with Crippen molar-refractivity contribution in [2.24, 2.45) is 5.41 Å². The molecule has 1 spiro atoms. The molecule has 2 heterocycles. The van der Waals surface area contributed by atoms with E-state index >= 15 is 0 Å². The van der Waals surface area contributed by atoms with Gasteiger partial charge in [0.25, 0.3) is 0 Å². The van der Waals surface area contributed by atoms with Crippen LogP contribution in [0, 0.1) is 11.2 Å². The Morgan fingerprint density at radius 3 is 2.36 bits per heavy atom. The Hall–Kier alpha value is -2.90. The van der Waals surface area contributed by atoms with E-state index in [-0.39, 0.29) is 34.5 Å². The second-order valence-electron chi connectivity index (χ2n) is 9.08. The highest BCUT2D eigenvalue weighted by molar-refractivity contribution is 5.84. The molecular weight excluding hydrogens is 436 g/mol. The van der Waals surface area contributed by atoms with Crippen LogP contribution in [0.2, 0.25) is 0 Å². The average molecular weight is 462 g/mol. The molecule has 0 bridgehead atoms. The number of alkyl halides is 3. The molecule has 0 saturated carbocycles. The highest BCUT2D eigenvalue weighted by Crippen LogP contribution is 2.49. The Bertz CT molecular complexity index is 1030. The number of hydrogen-bond acceptors (Lipinski definition) is 2. The molecule has 0 aromatic heterocycles. The fourth-order valence-electron chi connectivity index (χ4n) is 5.34. The number of carbonyl (C=O) groups is 2. The summed E-state index contributed by atoms with van der Waals surface area (Å²) in [4.78, 5) is 27.0. The van der Waals surface area contributed by atoms with Crippen LogP contribution in [0.5, 0.6) is 0 Å². The molecule has 2 aliphatic rings. The third-order valence-corrected chi connectivity index (χ3v) is 7.20. The number of rotatable bonds is 3. The Morgan fingerprint density at radius 1 is 1.09 bits per heavy atom. The number of nitrogens with one attached hydrogen (secondary N) is 1. The molecule has 0 aliphatic carbocycles. The van der Waals surface area contributed by atoms with Crippen molar-refractivity contribution in [3.05, 3.63) is 71.0 Å². The molecule has 4 rings (SSSR count). The van der Waals surface area contributed by atoms with E-state index in [1.54, 1.807) is 17.0 Å². The van der Waals surface area contributed by atoms with Crippen molar-refractivity contribution in [1.82, 2.24) is 10.2 Å². The van der Waals surface area contributed by atoms with E-state index < -0.39 is 17.7 Å². The second-order valence-corrected chi connectivity index (χ2v) is 9.08. The maximum absolute atomic E-state index is 13.4. The predicted octanol–water partition coefficient (Wildman–Crippen LogP) is 4.86. The van der Waals surface area contributed by atoms with Crippen molar-refractivity contribution >= 4 is 11.8 Å². The number of likely N-dealkylation sites (tertiary alicyclic amines) is 1. The lowest BCUT2D eigenvalue weighted by Crippen LogP contribution is -2.53. The normalized spacial score (nSPS) is 21.5. The Morgan fingerprint density at radius 2 is 1.73 bits per heavy atom. The Labute approximate surface area is 190 Å². The molecule has 2 unspecified atom stereocenters. The fourth-order valence-corrected chi connectivity index (χ4v) is 5.34. The van der Waals surface area contributed by atoms with Crippen molar-refractivity contribution < 1.29 is 27.2 Å². The van der Waals surface area contributed by atoms with Gasteiger partial charge in [0.05, 0.1) is 11.5 Å². The first-order valence-electron chi connectivity index (χ1n) is 11.1. The molecule has 1 N–H and O–H groups in total. The van der Waals surface area contributed by atoms with Gasteiger partial charge in [-0.15, -0.1) is 0 Å². The molecule has 176 valence electrons. The van der Waals surface area contributed by atoms with Crippen molar-refractivity contribution in [2.75, 3.05) is 19.6 Å². The van der Waals surface area contributed by atoms with Crippen LogP contribution in [-0.4, -0.2) is 36.3 Å². The average Bonchev–Trinajstić information content (AvgIpc) is 2.79. The van der Waals surface area contributed by atoms with E-state index in [0.717, 1.165) is 11.6 Å². The quantitative estimate of drug-likeness (QED) is 0.663. The first kappa shape index (κ1) is 23.3. The summed E-state index contributed by atoms with van der Waals surface area (Å²) in [6, 6.07) is 11.4. The molecule has 2 atom stereocenters. The number of halogens is 4. The summed E-state index contributed by atoms with van der Waals surface area (Å²) < 4.78 is 53.7. The molecule has 2 saturated heterocycles. The summed E-state index contributed by atoms with van der Waals surface area (Å²) in [5.74, 6) is -1.68. The van der Waals surface area contributed by atoms with Gasteiger partial charge in [-0.05, 0) is 54.5 Å². The van der Waals surface area contributed by atoms with Gasteiger partial charge in [-0.25, -0.2) is 4.39 Å². The van der Waals surface area contributed by atoms with Gasteiger partial charge in [-0.1, -0.05) is 30.3 Å². The van der Waals surface area contributed by atoms with E-state index in [2.05, 4.69) is 5.32 Å². The first-order valence-corrected chi connectivity index (χ1v) is 11.1. The highest BCUT2D eigenvalue weighted by atomic mass is 19.4. The summed E-state index contributed by atoms with van der Waals surface area (Å²) in [5.41, 5.74) is -0.260. The van der Waals surface area contributed by atoms with Crippen LogP contribution in [-0.2, 0) is 15.8 Å². The van der Waals surface area contributed by atoms with Crippen molar-refractivity contribution in [3.63, 3.8) is 0 Å². The van der Waals surface area contributed by atoms with Gasteiger partial charge in [0.15, 0.2) is 0 Å². The fraction of sp³-hybridized carbons (Fsp3) is 0.440. The molecule has 0 radical (unpaired) electrons. The van der Waals surface area contributed by atoms with Gasteiger partial charge in [-0.3, -0.25) is 9.59 Å². The van der Waals surface area contributed by atoms with E-state index in [9.17, 15) is 27.2 Å². The van der Waals surface area contributed by atoms with E-state index in [1.807, 2.05) is 0 Å². The minimum Gasteiger partial charge on any atom is -0.355 e. The van der Waals surface area contributed by atoms with Crippen LogP contribution in [0.4, 0.5) is 17.6 Å². The summed E-state index contributed by atoms with van der Waals surface area (Å²) in [7, 11) is 0. The zero-order chi connectivity index (χ0) is 23.8. The van der Waals surface area contributed by atoms with Crippen LogP contribution < -0.4 is 5.32 Å². The van der Waals surface area contributed by atoms with Gasteiger partial charge in [0.1, 0.15) is 5.82 Å². The summed E-state index contributed by atoms with van der Waals surface area (Å²) in [5, 5.41) is 2.89. The molecule has 2 fully saturated rings. The van der Waals surface area contributed by atoms with Gasteiger partial charge >= 0.3 is 6.18 Å². The van der Waals surface area contributed by atoms with Crippen LogP contribution >= 0.6 is 0 Å². The van der Waals surface area contributed by atoms with Crippen LogP contribution in [0.15, 0.2) is 48.5 Å². The molecule has 2 aromatic carbocycles. The summed E-state index contributed by atoms with van der Waals surface area (Å²) in [6.45, 7) is 2.67. The van der Waals surface area contributed by atoms with Crippen LogP contribution in [0.3, 0.4) is 0 Å². The van der Waals surface area contributed by atoms with Crippen LogP contribution in [0.25, 0.3) is 0 Å². The molecule has 2 aliphatic heterocycles. The van der Waals surface area contributed by atoms with E-state index in [4.69, 9.17) is 0 Å². The van der Waals surface area contributed by atoms with Gasteiger partial charge in [0.2, 0.25) is 11.8 Å². The van der Waals surface area contributed by atoms with E-state index in [1.165, 1.54) is 37.3 Å². The number of piperidine rings is 2. The number of carbonyl (C=O) groups excluding carboxylic acids is 2. The summed E-state index contributed by atoms with van der Waals surface area (Å²) in [6.07, 6.45) is -3.11.